The average molecular weight is 356 g/mol. The fraction of sp³-hybridized carbons (Fsp3) is 0.300. The number of carbonyl (C=O) groups is 2. The SMILES string of the molecule is Cc1ccc(CSCCNC(=O)CNC(=O)c2ccccc2C)cc1. The van der Waals surface area contributed by atoms with Crippen molar-refractivity contribution in [2.24, 2.45) is 0 Å². The highest BCUT2D eigenvalue weighted by atomic mass is 32.2. The first-order chi connectivity index (χ1) is 12.1. The summed E-state index contributed by atoms with van der Waals surface area (Å²) in [4.78, 5) is 23.8. The second-order valence-electron chi connectivity index (χ2n) is 5.89. The number of thioether (sulfide) groups is 1. The van der Waals surface area contributed by atoms with E-state index in [-0.39, 0.29) is 18.4 Å². The molecule has 0 heterocycles. The minimum atomic E-state index is -0.220. The maximum Gasteiger partial charge on any atom is 0.251 e. The molecule has 25 heavy (non-hydrogen) atoms. The van der Waals surface area contributed by atoms with E-state index in [9.17, 15) is 9.59 Å². The number of hydrogen-bond acceptors (Lipinski definition) is 3. The predicted molar refractivity (Wildman–Crippen MR) is 104 cm³/mol. The van der Waals surface area contributed by atoms with Gasteiger partial charge < -0.3 is 10.6 Å². The lowest BCUT2D eigenvalue weighted by Crippen LogP contribution is -2.37. The molecule has 2 aromatic rings. The summed E-state index contributed by atoms with van der Waals surface area (Å²) in [5, 5.41) is 5.48. The number of rotatable bonds is 8. The van der Waals surface area contributed by atoms with Crippen molar-refractivity contribution in [1.82, 2.24) is 10.6 Å². The van der Waals surface area contributed by atoms with E-state index in [4.69, 9.17) is 0 Å². The Morgan fingerprint density at radius 3 is 2.40 bits per heavy atom. The highest BCUT2D eigenvalue weighted by molar-refractivity contribution is 7.98. The molecule has 0 saturated carbocycles. The molecule has 4 nitrogen and oxygen atoms in total. The average Bonchev–Trinajstić information content (AvgIpc) is 2.61. The zero-order valence-corrected chi connectivity index (χ0v) is 15.5. The number of hydrogen-bond donors (Lipinski definition) is 2. The summed E-state index contributed by atoms with van der Waals surface area (Å²) in [6, 6.07) is 15.8. The Balaban J connectivity index is 1.60. The van der Waals surface area contributed by atoms with Crippen LogP contribution in [0, 0.1) is 13.8 Å². The Labute approximate surface area is 153 Å². The number of carbonyl (C=O) groups excluding carboxylic acids is 2. The van der Waals surface area contributed by atoms with E-state index in [1.54, 1.807) is 17.8 Å². The van der Waals surface area contributed by atoms with E-state index in [0.717, 1.165) is 17.1 Å². The van der Waals surface area contributed by atoms with Gasteiger partial charge in [-0.15, -0.1) is 0 Å². The Kier molecular flexibility index (Phi) is 7.54. The zero-order chi connectivity index (χ0) is 18.1. The van der Waals surface area contributed by atoms with Gasteiger partial charge in [-0.3, -0.25) is 9.59 Å². The molecule has 2 N–H and O–H groups in total. The fourth-order valence-electron chi connectivity index (χ4n) is 2.28. The second-order valence-corrected chi connectivity index (χ2v) is 6.99. The van der Waals surface area contributed by atoms with Crippen molar-refractivity contribution >= 4 is 23.6 Å². The molecule has 0 aliphatic rings. The van der Waals surface area contributed by atoms with Gasteiger partial charge in [0.2, 0.25) is 5.91 Å². The molecule has 0 radical (unpaired) electrons. The van der Waals surface area contributed by atoms with Crippen molar-refractivity contribution in [3.05, 3.63) is 70.8 Å². The van der Waals surface area contributed by atoms with Crippen molar-refractivity contribution in [3.8, 4) is 0 Å². The summed E-state index contributed by atoms with van der Waals surface area (Å²) in [6.07, 6.45) is 0. The first kappa shape index (κ1) is 19.1. The summed E-state index contributed by atoms with van der Waals surface area (Å²) in [5.74, 6) is 1.38. The van der Waals surface area contributed by atoms with Crippen molar-refractivity contribution in [3.63, 3.8) is 0 Å². The summed E-state index contributed by atoms with van der Waals surface area (Å²) in [7, 11) is 0. The van der Waals surface area contributed by atoms with E-state index in [1.807, 2.05) is 25.1 Å². The van der Waals surface area contributed by atoms with Gasteiger partial charge in [0.05, 0.1) is 6.54 Å². The first-order valence-corrected chi connectivity index (χ1v) is 9.45. The number of amides is 2. The number of aryl methyl sites for hydroxylation is 2. The van der Waals surface area contributed by atoms with E-state index in [1.165, 1.54) is 11.1 Å². The van der Waals surface area contributed by atoms with Gasteiger partial charge in [0.25, 0.3) is 5.91 Å². The highest BCUT2D eigenvalue weighted by Gasteiger charge is 2.09. The topological polar surface area (TPSA) is 58.2 Å². The van der Waals surface area contributed by atoms with Crippen LogP contribution < -0.4 is 10.6 Å². The summed E-state index contributed by atoms with van der Waals surface area (Å²) in [5.41, 5.74) is 4.04. The van der Waals surface area contributed by atoms with Crippen LogP contribution in [0.1, 0.15) is 27.0 Å². The molecule has 2 amide bonds. The Hall–Kier alpha value is -2.27. The Bertz CT molecular complexity index is 714. The number of benzene rings is 2. The first-order valence-electron chi connectivity index (χ1n) is 8.30. The van der Waals surface area contributed by atoms with Gasteiger partial charge in [-0.25, -0.2) is 0 Å². The fourth-order valence-corrected chi connectivity index (χ4v) is 3.10. The van der Waals surface area contributed by atoms with Crippen LogP contribution in [0.2, 0.25) is 0 Å². The molecule has 0 bridgehead atoms. The maximum atomic E-state index is 12.0. The van der Waals surface area contributed by atoms with Crippen molar-refractivity contribution < 1.29 is 9.59 Å². The van der Waals surface area contributed by atoms with Crippen molar-refractivity contribution in [2.45, 2.75) is 19.6 Å². The van der Waals surface area contributed by atoms with Crippen LogP contribution in [-0.4, -0.2) is 30.7 Å². The lowest BCUT2D eigenvalue weighted by Gasteiger charge is -2.08. The van der Waals surface area contributed by atoms with Gasteiger partial charge in [0, 0.05) is 23.6 Å². The molecule has 5 heteroatoms. The smallest absolute Gasteiger partial charge is 0.251 e. The standard InChI is InChI=1S/C20H24N2O2S/c1-15-7-9-17(10-8-15)14-25-12-11-21-19(23)13-22-20(24)18-6-4-3-5-16(18)2/h3-10H,11-14H2,1-2H3,(H,21,23)(H,22,24). The summed E-state index contributed by atoms with van der Waals surface area (Å²) < 4.78 is 0. The summed E-state index contributed by atoms with van der Waals surface area (Å²) in [6.45, 7) is 4.54. The van der Waals surface area contributed by atoms with E-state index >= 15 is 0 Å². The third-order valence-corrected chi connectivity index (χ3v) is 4.79. The van der Waals surface area contributed by atoms with Gasteiger partial charge >= 0.3 is 0 Å². The molecular formula is C20H24N2O2S. The molecule has 0 atom stereocenters. The lowest BCUT2D eigenvalue weighted by molar-refractivity contribution is -0.120. The molecule has 0 fully saturated rings. The van der Waals surface area contributed by atoms with Gasteiger partial charge in [0.15, 0.2) is 0 Å². The van der Waals surface area contributed by atoms with Gasteiger partial charge in [-0.05, 0) is 31.0 Å². The van der Waals surface area contributed by atoms with Crippen LogP contribution in [-0.2, 0) is 10.5 Å². The molecule has 0 aliphatic heterocycles. The molecule has 0 unspecified atom stereocenters. The van der Waals surface area contributed by atoms with Gasteiger partial charge in [0.1, 0.15) is 0 Å². The van der Waals surface area contributed by atoms with Crippen LogP contribution in [0.3, 0.4) is 0 Å². The molecule has 0 saturated heterocycles. The zero-order valence-electron chi connectivity index (χ0n) is 14.7. The van der Waals surface area contributed by atoms with Crippen molar-refractivity contribution in [2.75, 3.05) is 18.8 Å². The van der Waals surface area contributed by atoms with Crippen LogP contribution in [0.25, 0.3) is 0 Å². The molecule has 132 valence electrons. The Morgan fingerprint density at radius 2 is 1.68 bits per heavy atom. The third kappa shape index (κ3) is 6.63. The number of nitrogens with one attached hydrogen (secondary N) is 2. The van der Waals surface area contributed by atoms with E-state index in [2.05, 4.69) is 41.8 Å². The molecule has 2 rings (SSSR count). The minimum Gasteiger partial charge on any atom is -0.354 e. The molecule has 0 aromatic heterocycles. The normalized spacial score (nSPS) is 10.3. The Morgan fingerprint density at radius 1 is 0.960 bits per heavy atom. The largest absolute Gasteiger partial charge is 0.354 e. The van der Waals surface area contributed by atoms with Gasteiger partial charge in [-0.1, -0.05) is 48.0 Å². The molecule has 0 spiro atoms. The van der Waals surface area contributed by atoms with Crippen LogP contribution >= 0.6 is 11.8 Å². The van der Waals surface area contributed by atoms with E-state index < -0.39 is 0 Å². The molecule has 2 aromatic carbocycles. The van der Waals surface area contributed by atoms with Gasteiger partial charge in [-0.2, -0.15) is 11.8 Å². The van der Waals surface area contributed by atoms with Crippen LogP contribution in [0.15, 0.2) is 48.5 Å². The highest BCUT2D eigenvalue weighted by Crippen LogP contribution is 2.12. The van der Waals surface area contributed by atoms with Crippen molar-refractivity contribution in [1.29, 1.82) is 0 Å². The molecular weight excluding hydrogens is 332 g/mol. The van der Waals surface area contributed by atoms with E-state index in [0.29, 0.717) is 12.1 Å². The monoisotopic (exact) mass is 356 g/mol. The quantitative estimate of drug-likeness (QED) is 0.715. The third-order valence-electron chi connectivity index (χ3n) is 3.76. The predicted octanol–water partition coefficient (Wildman–Crippen LogP) is 3.08. The maximum absolute atomic E-state index is 12.0. The summed E-state index contributed by atoms with van der Waals surface area (Å²) >= 11 is 1.78. The second kappa shape index (κ2) is 9.89. The lowest BCUT2D eigenvalue weighted by atomic mass is 10.1. The van der Waals surface area contributed by atoms with Crippen LogP contribution in [0.4, 0.5) is 0 Å². The van der Waals surface area contributed by atoms with Crippen LogP contribution in [0.5, 0.6) is 0 Å². The minimum absolute atomic E-state index is 0.00417. The molecule has 0 aliphatic carbocycles.